The van der Waals surface area contributed by atoms with E-state index in [1.54, 1.807) is 10.6 Å². The molecule has 5 nitrogen and oxygen atoms in total. The molecule has 0 saturated carbocycles. The van der Waals surface area contributed by atoms with Crippen LogP contribution in [0.15, 0.2) is 24.5 Å². The molecule has 2 aromatic rings. The van der Waals surface area contributed by atoms with E-state index in [-0.39, 0.29) is 11.4 Å². The van der Waals surface area contributed by atoms with Crippen molar-refractivity contribution in [1.82, 2.24) is 14.9 Å². The zero-order valence-corrected chi connectivity index (χ0v) is 12.5. The monoisotopic (exact) mass is 299 g/mol. The van der Waals surface area contributed by atoms with Gasteiger partial charge in [-0.05, 0) is 12.1 Å². The fourth-order valence-electron chi connectivity index (χ4n) is 1.97. The zero-order chi connectivity index (χ0) is 15.4. The minimum Gasteiger partial charge on any atom is -0.310 e. The lowest BCUT2D eigenvalue weighted by Crippen LogP contribution is -2.23. The maximum Gasteiger partial charge on any atom is 0.177 e. The van der Waals surface area contributed by atoms with Crippen molar-refractivity contribution in [3.05, 3.63) is 46.5 Å². The van der Waals surface area contributed by atoms with E-state index < -0.39 is 0 Å². The second-order valence-corrected chi connectivity index (χ2v) is 5.22. The number of nitrogens with zero attached hydrogens (tertiary/aromatic N) is 4. The zero-order valence-electron chi connectivity index (χ0n) is 11.8. The molecule has 106 valence electrons. The van der Waals surface area contributed by atoms with Gasteiger partial charge in [-0.15, -0.1) is 0 Å². The number of benzene rings is 1. The molecule has 0 fully saturated rings. The van der Waals surface area contributed by atoms with Crippen LogP contribution >= 0.6 is 11.6 Å². The van der Waals surface area contributed by atoms with Gasteiger partial charge in [-0.1, -0.05) is 31.5 Å². The number of nitrogens with one attached hydrogen (secondary N) is 1. The number of hydrogen-bond acceptors (Lipinski definition) is 4. The van der Waals surface area contributed by atoms with Crippen LogP contribution in [0.25, 0.3) is 5.69 Å². The highest BCUT2D eigenvalue weighted by Crippen LogP contribution is 2.25. The van der Waals surface area contributed by atoms with Crippen molar-refractivity contribution >= 4 is 11.6 Å². The Hall–Kier alpha value is -2.34. The van der Waals surface area contributed by atoms with Gasteiger partial charge < -0.3 is 5.32 Å². The van der Waals surface area contributed by atoms with Crippen LogP contribution in [-0.4, -0.2) is 15.6 Å². The number of hydrogen-bond donors (Lipinski definition) is 1. The normalized spacial score (nSPS) is 10.4. The molecular weight excluding hydrogens is 286 g/mol. The fourth-order valence-corrected chi connectivity index (χ4v) is 2.21. The third-order valence-electron chi connectivity index (χ3n) is 3.02. The molecule has 0 aliphatic carbocycles. The van der Waals surface area contributed by atoms with Crippen LogP contribution in [0.3, 0.4) is 0 Å². The van der Waals surface area contributed by atoms with E-state index in [0.29, 0.717) is 17.6 Å². The Balaban J connectivity index is 2.55. The van der Waals surface area contributed by atoms with E-state index in [2.05, 4.69) is 10.3 Å². The highest BCUT2D eigenvalue weighted by atomic mass is 35.5. The summed E-state index contributed by atoms with van der Waals surface area (Å²) in [5, 5.41) is 22.2. The first-order valence-corrected chi connectivity index (χ1v) is 6.85. The van der Waals surface area contributed by atoms with Crippen LogP contribution in [0.2, 0.25) is 5.02 Å². The molecule has 2 rings (SSSR count). The molecule has 0 aliphatic heterocycles. The minimum absolute atomic E-state index is 0.111. The van der Waals surface area contributed by atoms with E-state index in [9.17, 15) is 5.26 Å². The number of imidazole rings is 1. The highest BCUT2D eigenvalue weighted by Gasteiger charge is 2.15. The summed E-state index contributed by atoms with van der Waals surface area (Å²) >= 11 is 6.28. The van der Waals surface area contributed by atoms with Crippen molar-refractivity contribution in [2.45, 2.75) is 26.4 Å². The summed E-state index contributed by atoms with van der Waals surface area (Å²) in [5.74, 6) is 0. The van der Waals surface area contributed by atoms with Crippen LogP contribution in [0.1, 0.15) is 30.8 Å². The molecule has 0 amide bonds. The Morgan fingerprint density at radius 1 is 1.33 bits per heavy atom. The summed E-state index contributed by atoms with van der Waals surface area (Å²) < 4.78 is 1.60. The average Bonchev–Trinajstić information content (AvgIpc) is 2.88. The summed E-state index contributed by atoms with van der Waals surface area (Å²) in [6, 6.07) is 9.71. The van der Waals surface area contributed by atoms with Crippen LogP contribution in [0.5, 0.6) is 0 Å². The predicted molar refractivity (Wildman–Crippen MR) is 80.0 cm³/mol. The van der Waals surface area contributed by atoms with Gasteiger partial charge in [0.25, 0.3) is 0 Å². The van der Waals surface area contributed by atoms with Crippen LogP contribution < -0.4 is 5.32 Å². The third-order valence-corrected chi connectivity index (χ3v) is 3.37. The lowest BCUT2D eigenvalue weighted by molar-refractivity contribution is 0.587. The standard InChI is InChI=1S/C15H14ClN5/c1-10(2)19-8-11-12(16)4-3-5-14(11)21-9-20-13(6-17)15(21)7-18/h3-5,9-10,19H,8H2,1-2H3. The fraction of sp³-hybridized carbons (Fsp3) is 0.267. The molecule has 0 atom stereocenters. The molecule has 0 aliphatic rings. The van der Waals surface area contributed by atoms with E-state index in [0.717, 1.165) is 11.3 Å². The van der Waals surface area contributed by atoms with Crippen LogP contribution in [0.4, 0.5) is 0 Å². The van der Waals surface area contributed by atoms with Gasteiger partial charge in [-0.3, -0.25) is 4.57 Å². The van der Waals surface area contributed by atoms with E-state index in [4.69, 9.17) is 16.9 Å². The Bertz CT molecular complexity index is 733. The number of rotatable bonds is 4. The smallest absolute Gasteiger partial charge is 0.177 e. The van der Waals surface area contributed by atoms with Crippen molar-refractivity contribution in [1.29, 1.82) is 10.5 Å². The lowest BCUT2D eigenvalue weighted by atomic mass is 10.1. The molecule has 1 heterocycles. The topological polar surface area (TPSA) is 77.4 Å². The van der Waals surface area contributed by atoms with Gasteiger partial charge in [0.2, 0.25) is 0 Å². The predicted octanol–water partition coefficient (Wildman–Crippen LogP) is 2.77. The van der Waals surface area contributed by atoms with Gasteiger partial charge in [0, 0.05) is 23.2 Å². The van der Waals surface area contributed by atoms with E-state index in [1.165, 1.54) is 6.33 Å². The van der Waals surface area contributed by atoms with Crippen LogP contribution in [-0.2, 0) is 6.54 Å². The largest absolute Gasteiger partial charge is 0.310 e. The van der Waals surface area contributed by atoms with Gasteiger partial charge in [-0.2, -0.15) is 10.5 Å². The maximum absolute atomic E-state index is 9.25. The molecule has 0 saturated heterocycles. The van der Waals surface area contributed by atoms with Gasteiger partial charge >= 0.3 is 0 Å². The Labute approximate surface area is 128 Å². The molecule has 0 spiro atoms. The number of aromatic nitrogens is 2. The summed E-state index contributed by atoms with van der Waals surface area (Å²) in [6.07, 6.45) is 1.47. The first-order chi connectivity index (χ1) is 10.1. The quantitative estimate of drug-likeness (QED) is 0.941. The van der Waals surface area contributed by atoms with E-state index >= 15 is 0 Å². The summed E-state index contributed by atoms with van der Waals surface area (Å²) in [6.45, 7) is 4.65. The number of halogens is 1. The van der Waals surface area contributed by atoms with E-state index in [1.807, 2.05) is 38.1 Å². The molecule has 1 aromatic carbocycles. The molecule has 1 aromatic heterocycles. The van der Waals surface area contributed by atoms with Crippen LogP contribution in [0, 0.1) is 22.7 Å². The van der Waals surface area contributed by atoms with Gasteiger partial charge in [-0.25, -0.2) is 4.98 Å². The molecule has 0 bridgehead atoms. The maximum atomic E-state index is 9.25. The molecular formula is C15H14ClN5. The summed E-state index contributed by atoms with van der Waals surface area (Å²) in [7, 11) is 0. The first kappa shape index (κ1) is 15.1. The van der Waals surface area contributed by atoms with Crippen molar-refractivity contribution < 1.29 is 0 Å². The van der Waals surface area contributed by atoms with Gasteiger partial charge in [0.1, 0.15) is 18.5 Å². The van der Waals surface area contributed by atoms with Crippen molar-refractivity contribution in [3.63, 3.8) is 0 Å². The SMILES string of the molecule is CC(C)NCc1c(Cl)cccc1-n1cnc(C#N)c1C#N. The highest BCUT2D eigenvalue weighted by molar-refractivity contribution is 6.31. The Kier molecular flexibility index (Phi) is 4.59. The first-order valence-electron chi connectivity index (χ1n) is 6.47. The van der Waals surface area contributed by atoms with Crippen molar-refractivity contribution in [2.24, 2.45) is 0 Å². The lowest BCUT2D eigenvalue weighted by Gasteiger charge is -2.15. The molecule has 0 unspecified atom stereocenters. The number of nitriles is 2. The Morgan fingerprint density at radius 2 is 2.10 bits per heavy atom. The molecule has 0 radical (unpaired) electrons. The molecule has 1 N–H and O–H groups in total. The summed E-state index contributed by atoms with van der Waals surface area (Å²) in [5.41, 5.74) is 1.94. The minimum atomic E-state index is 0.111. The van der Waals surface area contributed by atoms with Crippen molar-refractivity contribution in [2.75, 3.05) is 0 Å². The second kappa shape index (κ2) is 6.41. The average molecular weight is 300 g/mol. The Morgan fingerprint density at radius 3 is 2.71 bits per heavy atom. The van der Waals surface area contributed by atoms with Crippen molar-refractivity contribution in [3.8, 4) is 17.8 Å². The second-order valence-electron chi connectivity index (χ2n) is 4.81. The molecule has 21 heavy (non-hydrogen) atoms. The van der Waals surface area contributed by atoms with Gasteiger partial charge in [0.05, 0.1) is 5.69 Å². The summed E-state index contributed by atoms with van der Waals surface area (Å²) in [4.78, 5) is 3.96. The molecule has 6 heteroatoms. The third kappa shape index (κ3) is 3.05. The van der Waals surface area contributed by atoms with Gasteiger partial charge in [0.15, 0.2) is 11.4 Å².